The van der Waals surface area contributed by atoms with Gasteiger partial charge in [0.25, 0.3) is 0 Å². The van der Waals surface area contributed by atoms with Crippen LogP contribution in [-0.2, 0) is 35.2 Å². The molecule has 15 heteroatoms. The Morgan fingerprint density at radius 3 is 2.08 bits per heavy atom. The Kier molecular flexibility index (Phi) is 10.7. The largest absolute Gasteiger partial charge is 0.480 e. The van der Waals surface area contributed by atoms with Gasteiger partial charge >= 0.3 is 5.97 Å². The van der Waals surface area contributed by atoms with Crippen molar-refractivity contribution in [3.05, 3.63) is 36.0 Å². The molecule has 206 valence electrons. The van der Waals surface area contributed by atoms with E-state index in [1.54, 1.807) is 30.5 Å². The van der Waals surface area contributed by atoms with Crippen LogP contribution in [0.5, 0.6) is 0 Å². The van der Waals surface area contributed by atoms with Gasteiger partial charge in [-0.25, -0.2) is 4.79 Å². The van der Waals surface area contributed by atoms with Gasteiger partial charge in [-0.15, -0.1) is 0 Å². The van der Waals surface area contributed by atoms with E-state index in [9.17, 15) is 33.9 Å². The quantitative estimate of drug-likeness (QED) is 0.111. The van der Waals surface area contributed by atoms with Crippen molar-refractivity contribution < 1.29 is 39.0 Å². The first-order valence-corrected chi connectivity index (χ1v) is 11.5. The number of carboxylic acids is 1. The number of fused-ring (bicyclic) bond motifs is 1. The van der Waals surface area contributed by atoms with Crippen LogP contribution in [0.4, 0.5) is 0 Å². The summed E-state index contributed by atoms with van der Waals surface area (Å²) < 4.78 is 0. The van der Waals surface area contributed by atoms with Crippen molar-refractivity contribution in [2.45, 2.75) is 49.9 Å². The number of carboxylic acid groups (broad SMARTS) is 1. The number of H-pyrrole nitrogens is 1. The third kappa shape index (κ3) is 8.56. The summed E-state index contributed by atoms with van der Waals surface area (Å²) >= 11 is 0. The van der Waals surface area contributed by atoms with Crippen LogP contribution < -0.4 is 33.2 Å². The minimum absolute atomic E-state index is 0.0660. The zero-order valence-electron chi connectivity index (χ0n) is 20.3. The molecule has 15 nitrogen and oxygen atoms in total. The van der Waals surface area contributed by atoms with E-state index in [1.165, 1.54) is 0 Å². The number of carbonyl (C=O) groups excluding carboxylic acids is 5. The standard InChI is InChI=1S/C23H31N7O8/c24-13(5-6-18(25)32)20(34)28-15(7-11-9-27-14-4-2-1-3-12(11)14)21(35)29-16(8-19(26)33)22(36)30-17(10-31)23(37)38/h1-4,9,13,15-17,27,31H,5-8,10,24H2,(H2,25,32)(H2,26,33)(H,28,34)(H,29,35)(H,30,36)(H,37,38). The molecule has 0 fully saturated rings. The Bertz CT molecular complexity index is 1200. The number of primary amides is 2. The number of nitrogens with two attached hydrogens (primary N) is 3. The number of aliphatic hydroxyl groups excluding tert-OH is 1. The van der Waals surface area contributed by atoms with Crippen LogP contribution in [0.1, 0.15) is 24.8 Å². The Morgan fingerprint density at radius 2 is 1.47 bits per heavy atom. The second kappa shape index (κ2) is 13.7. The number of nitrogens with one attached hydrogen (secondary N) is 4. The molecule has 0 radical (unpaired) electrons. The fourth-order valence-corrected chi connectivity index (χ4v) is 3.58. The lowest BCUT2D eigenvalue weighted by atomic mass is 10.0. The summed E-state index contributed by atoms with van der Waals surface area (Å²) in [5.74, 6) is -5.94. The van der Waals surface area contributed by atoms with Gasteiger partial charge in [-0.05, 0) is 18.1 Å². The maximum absolute atomic E-state index is 13.3. The molecule has 1 heterocycles. The molecule has 0 aliphatic carbocycles. The number of rotatable bonds is 15. The first-order chi connectivity index (χ1) is 17.9. The van der Waals surface area contributed by atoms with Crippen molar-refractivity contribution in [2.75, 3.05) is 6.61 Å². The molecule has 12 N–H and O–H groups in total. The van der Waals surface area contributed by atoms with E-state index in [1.807, 2.05) is 5.32 Å². The lowest BCUT2D eigenvalue weighted by Crippen LogP contribution is -2.58. The van der Waals surface area contributed by atoms with Crippen LogP contribution in [0, 0.1) is 0 Å². The predicted molar refractivity (Wildman–Crippen MR) is 133 cm³/mol. The highest BCUT2D eigenvalue weighted by atomic mass is 16.4. The van der Waals surface area contributed by atoms with Crippen LogP contribution in [0.25, 0.3) is 10.9 Å². The fraction of sp³-hybridized carbons (Fsp3) is 0.391. The Hall–Kier alpha value is -4.50. The minimum atomic E-state index is -1.69. The van der Waals surface area contributed by atoms with Crippen molar-refractivity contribution in [3.63, 3.8) is 0 Å². The van der Waals surface area contributed by atoms with Gasteiger partial charge in [0.2, 0.25) is 29.5 Å². The monoisotopic (exact) mass is 533 g/mol. The van der Waals surface area contributed by atoms with E-state index >= 15 is 0 Å². The molecule has 1 aromatic carbocycles. The van der Waals surface area contributed by atoms with Gasteiger partial charge < -0.3 is 48.3 Å². The molecular formula is C23H31N7O8. The number of carbonyl (C=O) groups is 6. The van der Waals surface area contributed by atoms with Gasteiger partial charge in [0.1, 0.15) is 18.1 Å². The maximum Gasteiger partial charge on any atom is 0.328 e. The summed E-state index contributed by atoms with van der Waals surface area (Å²) in [6.45, 7) is -0.944. The molecule has 5 amide bonds. The van der Waals surface area contributed by atoms with E-state index in [4.69, 9.17) is 22.3 Å². The van der Waals surface area contributed by atoms with Gasteiger partial charge in [-0.2, -0.15) is 0 Å². The summed E-state index contributed by atoms with van der Waals surface area (Å²) in [6, 6.07) is 1.39. The zero-order chi connectivity index (χ0) is 28.4. The van der Waals surface area contributed by atoms with Crippen molar-refractivity contribution >= 4 is 46.4 Å². The molecule has 4 unspecified atom stereocenters. The summed E-state index contributed by atoms with van der Waals surface area (Å²) in [5.41, 5.74) is 17.5. The maximum atomic E-state index is 13.3. The summed E-state index contributed by atoms with van der Waals surface area (Å²) in [7, 11) is 0. The molecule has 1 aromatic heterocycles. The fourth-order valence-electron chi connectivity index (χ4n) is 3.58. The molecular weight excluding hydrogens is 502 g/mol. The molecule has 0 spiro atoms. The normalized spacial score (nSPS) is 14.1. The number of aliphatic carboxylic acids is 1. The highest BCUT2D eigenvalue weighted by molar-refractivity contribution is 5.96. The molecule has 0 saturated carbocycles. The number of hydrogen-bond donors (Lipinski definition) is 9. The summed E-state index contributed by atoms with van der Waals surface area (Å²) in [5, 5.41) is 25.8. The van der Waals surface area contributed by atoms with E-state index in [2.05, 4.69) is 15.6 Å². The molecule has 4 atom stereocenters. The molecule has 0 bridgehead atoms. The second-order valence-electron chi connectivity index (χ2n) is 8.55. The highest BCUT2D eigenvalue weighted by Gasteiger charge is 2.31. The zero-order valence-corrected chi connectivity index (χ0v) is 20.3. The third-order valence-corrected chi connectivity index (χ3v) is 5.61. The Labute approximate surface area is 216 Å². The molecule has 0 aliphatic rings. The molecule has 0 saturated heterocycles. The molecule has 2 rings (SSSR count). The predicted octanol–water partition coefficient (Wildman–Crippen LogP) is -3.29. The highest BCUT2D eigenvalue weighted by Crippen LogP contribution is 2.19. The number of aliphatic hydroxyl groups is 1. The minimum Gasteiger partial charge on any atom is -0.480 e. The van der Waals surface area contributed by atoms with Gasteiger partial charge in [-0.1, -0.05) is 18.2 Å². The SMILES string of the molecule is NC(=O)CCC(N)C(=O)NC(Cc1c[nH]c2ccccc12)C(=O)NC(CC(N)=O)C(=O)NC(CO)C(=O)O. The molecule has 38 heavy (non-hydrogen) atoms. The van der Waals surface area contributed by atoms with E-state index in [-0.39, 0.29) is 19.3 Å². The second-order valence-corrected chi connectivity index (χ2v) is 8.55. The van der Waals surface area contributed by atoms with Crippen molar-refractivity contribution in [3.8, 4) is 0 Å². The number of aromatic amines is 1. The number of para-hydroxylation sites is 1. The number of aromatic nitrogens is 1. The summed E-state index contributed by atoms with van der Waals surface area (Å²) in [6.07, 6.45) is 0.637. The van der Waals surface area contributed by atoms with Crippen LogP contribution in [0.15, 0.2) is 30.5 Å². The number of hydrogen-bond acceptors (Lipinski definition) is 8. The average molecular weight is 534 g/mol. The van der Waals surface area contributed by atoms with Gasteiger partial charge in [0, 0.05) is 29.9 Å². The molecule has 2 aromatic rings. The smallest absolute Gasteiger partial charge is 0.328 e. The van der Waals surface area contributed by atoms with Crippen molar-refractivity contribution in [2.24, 2.45) is 17.2 Å². The topological polar surface area (TPSA) is 273 Å². The number of benzene rings is 1. The van der Waals surface area contributed by atoms with Crippen LogP contribution in [0.2, 0.25) is 0 Å². The average Bonchev–Trinajstić information content (AvgIpc) is 3.26. The first kappa shape index (κ1) is 29.7. The Balaban J connectivity index is 2.29. The van der Waals surface area contributed by atoms with Crippen LogP contribution in [0.3, 0.4) is 0 Å². The van der Waals surface area contributed by atoms with E-state index in [0.717, 1.165) is 10.9 Å². The Morgan fingerprint density at radius 1 is 0.868 bits per heavy atom. The molecule has 0 aliphatic heterocycles. The van der Waals surface area contributed by atoms with E-state index in [0.29, 0.717) is 5.56 Å². The lowest BCUT2D eigenvalue weighted by molar-refractivity contribution is -0.143. The van der Waals surface area contributed by atoms with Crippen molar-refractivity contribution in [1.29, 1.82) is 0 Å². The van der Waals surface area contributed by atoms with Gasteiger partial charge in [0.05, 0.1) is 19.1 Å². The van der Waals surface area contributed by atoms with E-state index < -0.39 is 72.7 Å². The lowest BCUT2D eigenvalue weighted by Gasteiger charge is -2.24. The van der Waals surface area contributed by atoms with Gasteiger partial charge in [0.15, 0.2) is 0 Å². The van der Waals surface area contributed by atoms with Gasteiger partial charge in [-0.3, -0.25) is 24.0 Å². The van der Waals surface area contributed by atoms with Crippen LogP contribution >= 0.6 is 0 Å². The van der Waals surface area contributed by atoms with Crippen molar-refractivity contribution in [1.82, 2.24) is 20.9 Å². The first-order valence-electron chi connectivity index (χ1n) is 11.5. The summed E-state index contributed by atoms with van der Waals surface area (Å²) in [4.78, 5) is 75.4. The number of amides is 5. The third-order valence-electron chi connectivity index (χ3n) is 5.61. The van der Waals surface area contributed by atoms with Crippen LogP contribution in [-0.4, -0.2) is 81.5 Å².